The average molecular weight is 439 g/mol. The molecule has 8 heteroatoms. The van der Waals surface area contributed by atoms with Crippen LogP contribution in [-0.4, -0.2) is 50.2 Å². The summed E-state index contributed by atoms with van der Waals surface area (Å²) in [5.74, 6) is 0.0257. The van der Waals surface area contributed by atoms with Crippen LogP contribution in [0.5, 0.6) is 0 Å². The monoisotopic (exact) mass is 438 g/mol. The first kappa shape index (κ1) is 23.2. The maximum atomic E-state index is 13.2. The summed E-state index contributed by atoms with van der Waals surface area (Å²) in [5.41, 5.74) is 1.74. The van der Waals surface area contributed by atoms with E-state index in [2.05, 4.69) is 13.8 Å². The van der Waals surface area contributed by atoms with Crippen LogP contribution in [0.15, 0.2) is 48.7 Å². The highest BCUT2D eigenvalue weighted by molar-refractivity contribution is 5.94. The van der Waals surface area contributed by atoms with E-state index in [1.165, 1.54) is 18.2 Å². The first-order valence-corrected chi connectivity index (χ1v) is 10.9. The van der Waals surface area contributed by atoms with Crippen molar-refractivity contribution in [3.63, 3.8) is 0 Å². The molecule has 1 aliphatic rings. The highest BCUT2D eigenvalue weighted by Gasteiger charge is 2.34. The Hall–Kier alpha value is -3.42. The number of amides is 2. The second kappa shape index (κ2) is 10.3. The third kappa shape index (κ3) is 6.29. The number of aryl methyl sites for hydroxylation is 1. The molecule has 0 unspecified atom stereocenters. The molecule has 1 aromatic carbocycles. The van der Waals surface area contributed by atoms with Crippen LogP contribution in [0.3, 0.4) is 0 Å². The van der Waals surface area contributed by atoms with Gasteiger partial charge in [0.1, 0.15) is 6.54 Å². The van der Waals surface area contributed by atoms with Crippen LogP contribution in [0.4, 0.5) is 5.69 Å². The molecule has 0 radical (unpaired) electrons. The highest BCUT2D eigenvalue weighted by atomic mass is 16.6. The summed E-state index contributed by atoms with van der Waals surface area (Å²) in [6, 6.07) is 10.0. The van der Waals surface area contributed by atoms with E-state index in [0.29, 0.717) is 24.6 Å². The lowest BCUT2D eigenvalue weighted by molar-refractivity contribution is -0.384. The SMILES string of the molecule is CC(C)CN(Cc1cccn1C)C(=O)CN(C(=O)C=Cc1ccc([N+](=O)[O-])cc1)C1CC1. The zero-order chi connectivity index (χ0) is 23.3. The molecule has 1 fully saturated rings. The van der Waals surface area contributed by atoms with Gasteiger partial charge >= 0.3 is 0 Å². The summed E-state index contributed by atoms with van der Waals surface area (Å²) in [7, 11) is 1.95. The van der Waals surface area contributed by atoms with Crippen LogP contribution in [-0.2, 0) is 23.2 Å². The van der Waals surface area contributed by atoms with E-state index in [0.717, 1.165) is 18.5 Å². The number of non-ortho nitro benzene ring substituents is 1. The Morgan fingerprint density at radius 2 is 1.91 bits per heavy atom. The van der Waals surface area contributed by atoms with E-state index < -0.39 is 4.92 Å². The second-order valence-electron chi connectivity index (χ2n) is 8.66. The Morgan fingerprint density at radius 3 is 2.44 bits per heavy atom. The maximum Gasteiger partial charge on any atom is 0.269 e. The third-order valence-electron chi connectivity index (χ3n) is 5.44. The Balaban J connectivity index is 1.68. The molecule has 0 saturated heterocycles. The number of hydrogen-bond acceptors (Lipinski definition) is 4. The number of carbonyl (C=O) groups excluding carboxylic acids is 2. The lowest BCUT2D eigenvalue weighted by Crippen LogP contribution is -2.44. The van der Waals surface area contributed by atoms with Crippen molar-refractivity contribution >= 4 is 23.6 Å². The van der Waals surface area contributed by atoms with Crippen molar-refractivity contribution < 1.29 is 14.5 Å². The lowest BCUT2D eigenvalue weighted by Gasteiger charge is -2.28. The number of benzene rings is 1. The maximum absolute atomic E-state index is 13.2. The summed E-state index contributed by atoms with van der Waals surface area (Å²) >= 11 is 0. The van der Waals surface area contributed by atoms with Crippen molar-refractivity contribution in [2.45, 2.75) is 39.3 Å². The predicted octanol–water partition coefficient (Wildman–Crippen LogP) is 3.62. The summed E-state index contributed by atoms with van der Waals surface area (Å²) < 4.78 is 2.00. The van der Waals surface area contributed by atoms with Crippen molar-refractivity contribution in [1.82, 2.24) is 14.4 Å². The van der Waals surface area contributed by atoms with Gasteiger partial charge in [0.2, 0.25) is 11.8 Å². The molecule has 0 spiro atoms. The topological polar surface area (TPSA) is 88.7 Å². The standard InChI is InChI=1S/C24H30N4O4/c1-18(2)15-26(16-22-5-4-14-25(22)3)24(30)17-27(20-11-12-20)23(29)13-8-19-6-9-21(10-7-19)28(31)32/h4-10,13-14,18,20H,11-12,15-17H2,1-3H3. The molecule has 8 nitrogen and oxygen atoms in total. The van der Waals surface area contributed by atoms with Gasteiger partial charge in [0.15, 0.2) is 0 Å². The van der Waals surface area contributed by atoms with Gasteiger partial charge in [0.05, 0.1) is 11.5 Å². The molecule has 1 aliphatic carbocycles. The zero-order valence-electron chi connectivity index (χ0n) is 18.8. The summed E-state index contributed by atoms with van der Waals surface area (Å²) in [6.45, 7) is 5.32. The minimum absolute atomic E-state index is 0.00199. The quantitative estimate of drug-likeness (QED) is 0.322. The van der Waals surface area contributed by atoms with Crippen molar-refractivity contribution in [3.05, 3.63) is 70.0 Å². The van der Waals surface area contributed by atoms with Gasteiger partial charge in [-0.15, -0.1) is 0 Å². The molecule has 2 aromatic rings. The first-order valence-electron chi connectivity index (χ1n) is 10.9. The molecule has 0 atom stereocenters. The summed E-state index contributed by atoms with van der Waals surface area (Å²) in [6.07, 6.45) is 6.81. The van der Waals surface area contributed by atoms with Crippen molar-refractivity contribution in [1.29, 1.82) is 0 Å². The van der Waals surface area contributed by atoms with Crippen molar-refractivity contribution in [2.75, 3.05) is 13.1 Å². The molecule has 0 aliphatic heterocycles. The van der Waals surface area contributed by atoms with Crippen LogP contribution < -0.4 is 0 Å². The smallest absolute Gasteiger partial charge is 0.269 e. The minimum Gasteiger partial charge on any atom is -0.353 e. The first-order chi connectivity index (χ1) is 15.2. The highest BCUT2D eigenvalue weighted by Crippen LogP contribution is 2.27. The van der Waals surface area contributed by atoms with Crippen LogP contribution in [0.2, 0.25) is 0 Å². The number of rotatable bonds is 10. The summed E-state index contributed by atoms with van der Waals surface area (Å²) in [4.78, 5) is 39.8. The van der Waals surface area contributed by atoms with Gasteiger partial charge in [0.25, 0.3) is 5.69 Å². The largest absolute Gasteiger partial charge is 0.353 e. The fourth-order valence-electron chi connectivity index (χ4n) is 3.54. The fraction of sp³-hybridized carbons (Fsp3) is 0.417. The summed E-state index contributed by atoms with van der Waals surface area (Å²) in [5, 5.41) is 10.8. The lowest BCUT2D eigenvalue weighted by atomic mass is 10.2. The van der Waals surface area contributed by atoms with Crippen LogP contribution in [0.1, 0.15) is 37.9 Å². The molecular weight excluding hydrogens is 408 g/mol. The molecular formula is C24H30N4O4. The van der Waals surface area contributed by atoms with E-state index in [-0.39, 0.29) is 30.1 Å². The normalized spacial score (nSPS) is 13.5. The number of nitro benzene ring substituents is 1. The van der Waals surface area contributed by atoms with Crippen LogP contribution in [0.25, 0.3) is 6.08 Å². The van der Waals surface area contributed by atoms with Crippen LogP contribution in [0, 0.1) is 16.0 Å². The Kier molecular flexibility index (Phi) is 7.45. The third-order valence-corrected chi connectivity index (χ3v) is 5.44. The molecule has 0 bridgehead atoms. The fourth-order valence-corrected chi connectivity index (χ4v) is 3.54. The molecule has 2 amide bonds. The van der Waals surface area contributed by atoms with Gasteiger partial charge in [-0.05, 0) is 54.7 Å². The Bertz CT molecular complexity index is 990. The van der Waals surface area contributed by atoms with E-state index in [1.54, 1.807) is 23.1 Å². The van der Waals surface area contributed by atoms with E-state index in [4.69, 9.17) is 0 Å². The number of nitro groups is 1. The van der Waals surface area contributed by atoms with E-state index in [9.17, 15) is 19.7 Å². The Labute approximate surface area is 188 Å². The number of carbonyl (C=O) groups is 2. The van der Waals surface area contributed by atoms with Crippen molar-refractivity contribution in [2.24, 2.45) is 13.0 Å². The molecule has 0 N–H and O–H groups in total. The van der Waals surface area contributed by atoms with Gasteiger partial charge in [0, 0.05) is 49.7 Å². The zero-order valence-corrected chi connectivity index (χ0v) is 18.8. The number of nitrogens with zero attached hydrogens (tertiary/aromatic N) is 4. The predicted molar refractivity (Wildman–Crippen MR) is 123 cm³/mol. The van der Waals surface area contributed by atoms with Gasteiger partial charge in [-0.1, -0.05) is 13.8 Å². The molecule has 170 valence electrons. The van der Waals surface area contributed by atoms with Gasteiger partial charge < -0.3 is 14.4 Å². The molecule has 1 aromatic heterocycles. The average Bonchev–Trinajstić information content (AvgIpc) is 3.51. The number of hydrogen-bond donors (Lipinski definition) is 0. The van der Waals surface area contributed by atoms with E-state index in [1.807, 2.05) is 34.8 Å². The van der Waals surface area contributed by atoms with Gasteiger partial charge in [-0.2, -0.15) is 0 Å². The van der Waals surface area contributed by atoms with Crippen molar-refractivity contribution in [3.8, 4) is 0 Å². The number of aromatic nitrogens is 1. The van der Waals surface area contributed by atoms with Gasteiger partial charge in [-0.25, -0.2) is 0 Å². The molecule has 1 saturated carbocycles. The van der Waals surface area contributed by atoms with Crippen LogP contribution >= 0.6 is 0 Å². The van der Waals surface area contributed by atoms with Gasteiger partial charge in [-0.3, -0.25) is 19.7 Å². The minimum atomic E-state index is -0.461. The second-order valence-corrected chi connectivity index (χ2v) is 8.66. The molecule has 1 heterocycles. The molecule has 3 rings (SSSR count). The Morgan fingerprint density at radius 1 is 1.22 bits per heavy atom. The molecule has 32 heavy (non-hydrogen) atoms. The van der Waals surface area contributed by atoms with E-state index >= 15 is 0 Å².